The van der Waals surface area contributed by atoms with Crippen LogP contribution in [0.4, 0.5) is 17.1 Å². The molecule has 3 aromatic rings. The molecule has 0 aliphatic carbocycles. The van der Waals surface area contributed by atoms with Crippen LogP contribution in [0, 0.1) is 10.1 Å². The number of nitro benzene ring substituents is 1. The monoisotopic (exact) mass is 560 g/mol. The minimum Gasteiger partial charge on any atom is -0.492 e. The first-order chi connectivity index (χ1) is 16.8. The topological polar surface area (TPSA) is 105 Å². The van der Waals surface area contributed by atoms with E-state index in [0.29, 0.717) is 45.0 Å². The lowest BCUT2D eigenvalue weighted by Crippen LogP contribution is -2.48. The van der Waals surface area contributed by atoms with E-state index in [2.05, 4.69) is 21.2 Å². The van der Waals surface area contributed by atoms with E-state index in [-0.39, 0.29) is 10.6 Å². The predicted molar refractivity (Wildman–Crippen MR) is 139 cm³/mol. The van der Waals surface area contributed by atoms with Gasteiger partial charge in [0.15, 0.2) is 0 Å². The highest BCUT2D eigenvalue weighted by molar-refractivity contribution is 9.10. The summed E-state index contributed by atoms with van der Waals surface area (Å²) >= 11 is 3.32. The Bertz CT molecular complexity index is 1260. The van der Waals surface area contributed by atoms with Gasteiger partial charge in [-0.05, 0) is 48.5 Å². The molecule has 0 saturated carbocycles. The van der Waals surface area contributed by atoms with Crippen LogP contribution in [-0.4, -0.2) is 57.0 Å². The Morgan fingerprint density at radius 2 is 1.66 bits per heavy atom. The first-order valence-corrected chi connectivity index (χ1v) is 13.3. The summed E-state index contributed by atoms with van der Waals surface area (Å²) in [5.41, 5.74) is 1.17. The third-order valence-corrected chi connectivity index (χ3v) is 8.10. The number of anilines is 2. The molecule has 1 N–H and O–H groups in total. The molecule has 9 nitrogen and oxygen atoms in total. The maximum atomic E-state index is 13.0. The molecule has 0 atom stereocenters. The molecule has 35 heavy (non-hydrogen) atoms. The summed E-state index contributed by atoms with van der Waals surface area (Å²) in [6.07, 6.45) is 0. The fourth-order valence-corrected chi connectivity index (χ4v) is 5.52. The number of nitrogens with zero attached hydrogens (tertiary/aromatic N) is 3. The van der Waals surface area contributed by atoms with Gasteiger partial charge in [0.05, 0.1) is 9.82 Å². The van der Waals surface area contributed by atoms with Crippen LogP contribution in [0.3, 0.4) is 0 Å². The summed E-state index contributed by atoms with van der Waals surface area (Å²) in [4.78, 5) is 13.4. The molecular weight excluding hydrogens is 536 g/mol. The molecule has 4 rings (SSSR count). The van der Waals surface area contributed by atoms with Gasteiger partial charge >= 0.3 is 0 Å². The molecule has 1 fully saturated rings. The Labute approximate surface area is 212 Å². The quantitative estimate of drug-likeness (QED) is 0.235. The second-order valence-corrected chi connectivity index (χ2v) is 10.7. The van der Waals surface area contributed by atoms with Crippen LogP contribution in [0.1, 0.15) is 0 Å². The lowest BCUT2D eigenvalue weighted by molar-refractivity contribution is -0.383. The van der Waals surface area contributed by atoms with E-state index in [1.165, 1.54) is 10.4 Å². The molecule has 1 aliphatic heterocycles. The lowest BCUT2D eigenvalue weighted by Gasteiger charge is -2.35. The number of halogens is 1. The largest absolute Gasteiger partial charge is 0.492 e. The van der Waals surface area contributed by atoms with Gasteiger partial charge in [0, 0.05) is 49.0 Å². The highest BCUT2D eigenvalue weighted by Crippen LogP contribution is 2.30. The van der Waals surface area contributed by atoms with Gasteiger partial charge in [-0.25, -0.2) is 8.42 Å². The summed E-state index contributed by atoms with van der Waals surface area (Å²) < 4.78 is 33.9. The van der Waals surface area contributed by atoms with E-state index >= 15 is 0 Å². The number of hydrogen-bond acceptors (Lipinski definition) is 7. The Hall–Kier alpha value is -3.15. The van der Waals surface area contributed by atoms with Crippen LogP contribution < -0.4 is 15.0 Å². The number of sulfonamides is 1. The first-order valence-electron chi connectivity index (χ1n) is 11.1. The summed E-state index contributed by atoms with van der Waals surface area (Å²) in [7, 11) is -3.58. The number of rotatable bonds is 9. The van der Waals surface area contributed by atoms with Crippen molar-refractivity contribution < 1.29 is 18.1 Å². The Kier molecular flexibility index (Phi) is 7.89. The molecule has 3 aromatic carbocycles. The van der Waals surface area contributed by atoms with Crippen LogP contribution in [0.15, 0.2) is 82.2 Å². The van der Waals surface area contributed by atoms with Crippen molar-refractivity contribution in [3.05, 3.63) is 87.4 Å². The molecule has 0 radical (unpaired) electrons. The van der Waals surface area contributed by atoms with Gasteiger partial charge in [-0.1, -0.05) is 34.1 Å². The van der Waals surface area contributed by atoms with Gasteiger partial charge in [0.1, 0.15) is 18.0 Å². The number of benzene rings is 3. The molecule has 1 aliphatic rings. The molecule has 0 unspecified atom stereocenters. The molecule has 0 amide bonds. The Morgan fingerprint density at radius 1 is 0.971 bits per heavy atom. The summed E-state index contributed by atoms with van der Waals surface area (Å²) in [5, 5.41) is 14.6. The van der Waals surface area contributed by atoms with E-state index in [4.69, 9.17) is 4.74 Å². The summed E-state index contributed by atoms with van der Waals surface area (Å²) in [6, 6.07) is 20.8. The Balaban J connectivity index is 1.40. The van der Waals surface area contributed by atoms with E-state index < -0.39 is 14.9 Å². The van der Waals surface area contributed by atoms with Crippen LogP contribution in [0.5, 0.6) is 5.75 Å². The summed E-state index contributed by atoms with van der Waals surface area (Å²) in [6.45, 7) is 2.33. The van der Waals surface area contributed by atoms with Crippen molar-refractivity contribution in [1.82, 2.24) is 4.31 Å². The fraction of sp³-hybridized carbons (Fsp3) is 0.250. The number of nitro groups is 1. The third-order valence-electron chi connectivity index (χ3n) is 5.66. The highest BCUT2D eigenvalue weighted by Gasteiger charge is 2.29. The van der Waals surface area contributed by atoms with Gasteiger partial charge in [-0.2, -0.15) is 4.31 Å². The second-order valence-electron chi connectivity index (χ2n) is 7.89. The summed E-state index contributed by atoms with van der Waals surface area (Å²) in [5.74, 6) is 0.730. The van der Waals surface area contributed by atoms with Gasteiger partial charge in [0.2, 0.25) is 10.0 Å². The van der Waals surface area contributed by atoms with Crippen molar-refractivity contribution in [2.45, 2.75) is 4.90 Å². The number of nitrogens with one attached hydrogen (secondary N) is 1. The van der Waals surface area contributed by atoms with Crippen molar-refractivity contribution in [2.24, 2.45) is 0 Å². The molecule has 1 saturated heterocycles. The van der Waals surface area contributed by atoms with Crippen LogP contribution in [-0.2, 0) is 10.0 Å². The van der Waals surface area contributed by atoms with Crippen molar-refractivity contribution in [1.29, 1.82) is 0 Å². The third kappa shape index (κ3) is 6.11. The molecule has 184 valence electrons. The minimum absolute atomic E-state index is 0.0232. The zero-order chi connectivity index (χ0) is 24.8. The lowest BCUT2D eigenvalue weighted by atomic mass is 10.2. The molecule has 1 heterocycles. The number of ether oxygens (including phenoxy) is 1. The smallest absolute Gasteiger partial charge is 0.292 e. The van der Waals surface area contributed by atoms with E-state index in [0.717, 1.165) is 15.9 Å². The molecule has 0 spiro atoms. The average molecular weight is 561 g/mol. The zero-order valence-corrected chi connectivity index (χ0v) is 21.2. The van der Waals surface area contributed by atoms with Gasteiger partial charge in [-0.3, -0.25) is 10.1 Å². The molecular formula is C24H25BrN4O5S. The average Bonchev–Trinajstić information content (AvgIpc) is 2.87. The van der Waals surface area contributed by atoms with Gasteiger partial charge in [-0.15, -0.1) is 0 Å². The molecule has 11 heteroatoms. The maximum absolute atomic E-state index is 13.0. The van der Waals surface area contributed by atoms with Crippen molar-refractivity contribution >= 4 is 43.0 Å². The van der Waals surface area contributed by atoms with E-state index in [9.17, 15) is 18.5 Å². The van der Waals surface area contributed by atoms with Crippen LogP contribution >= 0.6 is 15.9 Å². The molecule has 0 aromatic heterocycles. The van der Waals surface area contributed by atoms with E-state index in [1.54, 1.807) is 36.4 Å². The van der Waals surface area contributed by atoms with Crippen molar-refractivity contribution in [2.75, 3.05) is 49.5 Å². The van der Waals surface area contributed by atoms with Gasteiger partial charge < -0.3 is 15.0 Å². The SMILES string of the molecule is O=[N+]([O-])c1ccc(N2CCN(S(=O)(=O)c3ccc(Br)cc3)CC2)cc1NCCOc1ccccc1. The standard InChI is InChI=1S/C24H25BrN4O5S/c25-19-6-9-22(10-7-19)35(32,33)28-15-13-27(14-16-28)20-8-11-24(29(30)31)23(18-20)26-12-17-34-21-4-2-1-3-5-21/h1-11,18,26H,12-17H2. The number of para-hydroxylation sites is 1. The van der Waals surface area contributed by atoms with E-state index in [1.807, 2.05) is 35.2 Å². The van der Waals surface area contributed by atoms with Gasteiger partial charge in [0.25, 0.3) is 5.69 Å². The van der Waals surface area contributed by atoms with Crippen LogP contribution in [0.25, 0.3) is 0 Å². The Morgan fingerprint density at radius 3 is 2.31 bits per heavy atom. The highest BCUT2D eigenvalue weighted by atomic mass is 79.9. The van der Waals surface area contributed by atoms with Crippen LogP contribution in [0.2, 0.25) is 0 Å². The van der Waals surface area contributed by atoms with Crippen molar-refractivity contribution in [3.63, 3.8) is 0 Å². The number of piperazine rings is 1. The molecule has 0 bridgehead atoms. The van der Waals surface area contributed by atoms with Crippen molar-refractivity contribution in [3.8, 4) is 5.75 Å². The maximum Gasteiger partial charge on any atom is 0.292 e. The number of hydrogen-bond donors (Lipinski definition) is 1. The minimum atomic E-state index is -3.58. The fourth-order valence-electron chi connectivity index (χ4n) is 3.84. The normalized spacial score (nSPS) is 14.5. The predicted octanol–water partition coefficient (Wildman–Crippen LogP) is 4.36. The second kappa shape index (κ2) is 11.1. The zero-order valence-electron chi connectivity index (χ0n) is 18.8. The first kappa shape index (κ1) is 25.0.